The molecular weight excluding hydrogens is 276 g/mol. The highest BCUT2D eigenvalue weighted by Gasteiger charge is 2.16. The Labute approximate surface area is 126 Å². The van der Waals surface area contributed by atoms with Crippen LogP contribution in [0.1, 0.15) is 44.4 Å². The maximum absolute atomic E-state index is 6.00. The number of rotatable bonds is 7. The summed E-state index contributed by atoms with van der Waals surface area (Å²) in [7, 11) is 2.13. The van der Waals surface area contributed by atoms with Crippen LogP contribution in [-0.2, 0) is 5.88 Å². The molecule has 2 nitrogen and oxygen atoms in total. The summed E-state index contributed by atoms with van der Waals surface area (Å²) in [6.07, 6.45) is 3.28. The van der Waals surface area contributed by atoms with Crippen molar-refractivity contribution in [2.45, 2.75) is 45.0 Å². The molecule has 0 bridgehead atoms. The predicted molar refractivity (Wildman–Crippen MR) is 88.7 cm³/mol. The average molecular weight is 301 g/mol. The van der Waals surface area contributed by atoms with Crippen molar-refractivity contribution in [3.63, 3.8) is 0 Å². The van der Waals surface area contributed by atoms with E-state index in [9.17, 15) is 0 Å². The first kappa shape index (κ1) is 16.6. The SMILES string of the molecule is CCC(CSC)N(C)c1cc(CCl)cc(C(C)C)n1. The minimum absolute atomic E-state index is 0.427. The minimum atomic E-state index is 0.427. The standard InChI is InChI=1S/C15H25ClN2S/c1-6-13(10-19-5)18(4)15-8-12(9-16)7-14(17-15)11(2)3/h7-8,11,13H,6,9-10H2,1-5H3. The van der Waals surface area contributed by atoms with Gasteiger partial charge in [-0.25, -0.2) is 4.98 Å². The largest absolute Gasteiger partial charge is 0.356 e. The molecule has 1 heterocycles. The van der Waals surface area contributed by atoms with Crippen LogP contribution in [0.3, 0.4) is 0 Å². The van der Waals surface area contributed by atoms with Gasteiger partial charge >= 0.3 is 0 Å². The molecule has 0 saturated carbocycles. The Bertz CT molecular complexity index is 396. The summed E-state index contributed by atoms with van der Waals surface area (Å²) >= 11 is 7.89. The predicted octanol–water partition coefficient (Wildman–Crippen LogP) is 4.52. The molecule has 0 amide bonds. The van der Waals surface area contributed by atoms with E-state index in [1.54, 1.807) is 0 Å². The average Bonchev–Trinajstić information content (AvgIpc) is 2.43. The molecular formula is C15H25ClN2S. The van der Waals surface area contributed by atoms with E-state index in [1.165, 1.54) is 0 Å². The molecule has 0 fully saturated rings. The molecule has 1 aromatic heterocycles. The first-order valence-electron chi connectivity index (χ1n) is 6.82. The molecule has 0 saturated heterocycles. The van der Waals surface area contributed by atoms with Gasteiger partial charge in [-0.05, 0) is 36.3 Å². The molecule has 0 spiro atoms. The number of halogens is 1. The summed E-state index contributed by atoms with van der Waals surface area (Å²) in [6.45, 7) is 6.57. The van der Waals surface area contributed by atoms with Crippen LogP contribution < -0.4 is 4.90 Å². The number of pyridine rings is 1. The Kier molecular flexibility index (Phi) is 7.01. The maximum atomic E-state index is 6.00. The van der Waals surface area contributed by atoms with Crippen LogP contribution in [0.2, 0.25) is 0 Å². The number of thioether (sulfide) groups is 1. The van der Waals surface area contributed by atoms with E-state index >= 15 is 0 Å². The summed E-state index contributed by atoms with van der Waals surface area (Å²) in [5, 5.41) is 0. The molecule has 0 radical (unpaired) electrons. The monoisotopic (exact) mass is 300 g/mol. The molecule has 0 aromatic carbocycles. The number of nitrogens with zero attached hydrogens (tertiary/aromatic N) is 2. The van der Waals surface area contributed by atoms with Crippen molar-refractivity contribution in [1.82, 2.24) is 4.98 Å². The lowest BCUT2D eigenvalue weighted by Gasteiger charge is -2.28. The van der Waals surface area contributed by atoms with E-state index in [4.69, 9.17) is 16.6 Å². The fourth-order valence-corrected chi connectivity index (χ4v) is 3.03. The van der Waals surface area contributed by atoms with E-state index in [0.717, 1.165) is 29.2 Å². The van der Waals surface area contributed by atoms with Gasteiger partial charge in [0.25, 0.3) is 0 Å². The number of hydrogen-bond acceptors (Lipinski definition) is 3. The van der Waals surface area contributed by atoms with E-state index in [-0.39, 0.29) is 0 Å². The third kappa shape index (κ3) is 4.57. The van der Waals surface area contributed by atoms with Crippen LogP contribution in [0.15, 0.2) is 12.1 Å². The van der Waals surface area contributed by atoms with Crippen molar-refractivity contribution in [3.05, 3.63) is 23.4 Å². The molecule has 19 heavy (non-hydrogen) atoms. The normalized spacial score (nSPS) is 12.8. The zero-order valence-corrected chi connectivity index (χ0v) is 14.2. The van der Waals surface area contributed by atoms with Crippen LogP contribution in [0.4, 0.5) is 5.82 Å². The molecule has 0 aliphatic rings. The molecule has 0 aliphatic carbocycles. The Morgan fingerprint density at radius 3 is 2.53 bits per heavy atom. The summed E-state index contributed by atoms with van der Waals surface area (Å²) in [5.41, 5.74) is 2.28. The van der Waals surface area contributed by atoms with Gasteiger partial charge in [-0.3, -0.25) is 0 Å². The maximum Gasteiger partial charge on any atom is 0.129 e. The Morgan fingerprint density at radius 1 is 1.37 bits per heavy atom. The highest BCUT2D eigenvalue weighted by atomic mass is 35.5. The minimum Gasteiger partial charge on any atom is -0.356 e. The van der Waals surface area contributed by atoms with Crippen molar-refractivity contribution < 1.29 is 0 Å². The lowest BCUT2D eigenvalue weighted by atomic mass is 10.1. The van der Waals surface area contributed by atoms with Crippen molar-refractivity contribution in [2.75, 3.05) is 24.0 Å². The summed E-state index contributed by atoms with van der Waals surface area (Å²) in [5.74, 6) is 3.14. The van der Waals surface area contributed by atoms with Gasteiger partial charge in [0.15, 0.2) is 0 Å². The quantitative estimate of drug-likeness (QED) is 0.689. The second-order valence-corrected chi connectivity index (χ2v) is 6.35. The van der Waals surface area contributed by atoms with Gasteiger partial charge < -0.3 is 4.90 Å². The topological polar surface area (TPSA) is 16.1 Å². The van der Waals surface area contributed by atoms with Crippen LogP contribution in [0, 0.1) is 0 Å². The Morgan fingerprint density at radius 2 is 2.05 bits per heavy atom. The Hall–Kier alpha value is -0.410. The smallest absolute Gasteiger partial charge is 0.129 e. The molecule has 1 aromatic rings. The van der Waals surface area contributed by atoms with Gasteiger partial charge in [-0.1, -0.05) is 20.8 Å². The lowest BCUT2D eigenvalue weighted by Crippen LogP contribution is -2.34. The zero-order valence-electron chi connectivity index (χ0n) is 12.6. The molecule has 0 N–H and O–H groups in total. The van der Waals surface area contributed by atoms with Crippen LogP contribution in [0.25, 0.3) is 0 Å². The molecule has 4 heteroatoms. The second kappa shape index (κ2) is 8.01. The summed E-state index contributed by atoms with van der Waals surface area (Å²) < 4.78 is 0. The van der Waals surface area contributed by atoms with Crippen molar-refractivity contribution in [1.29, 1.82) is 0 Å². The lowest BCUT2D eigenvalue weighted by molar-refractivity contribution is 0.662. The fraction of sp³-hybridized carbons (Fsp3) is 0.667. The third-order valence-corrected chi connectivity index (χ3v) is 4.40. The third-order valence-electron chi connectivity index (χ3n) is 3.38. The van der Waals surface area contributed by atoms with Gasteiger partial charge in [0.05, 0.1) is 0 Å². The molecule has 0 aliphatic heterocycles. The molecule has 1 unspecified atom stereocenters. The van der Waals surface area contributed by atoms with Crippen molar-refractivity contribution in [2.24, 2.45) is 0 Å². The van der Waals surface area contributed by atoms with Crippen LogP contribution in [-0.4, -0.2) is 30.1 Å². The number of alkyl halides is 1. The van der Waals surface area contributed by atoms with Gasteiger partial charge in [0, 0.05) is 30.4 Å². The zero-order chi connectivity index (χ0) is 14.4. The highest BCUT2D eigenvalue weighted by Crippen LogP contribution is 2.23. The first-order chi connectivity index (χ1) is 9.03. The number of aromatic nitrogens is 1. The second-order valence-electron chi connectivity index (χ2n) is 5.18. The van der Waals surface area contributed by atoms with Gasteiger partial charge in [0.1, 0.15) is 5.82 Å². The van der Waals surface area contributed by atoms with E-state index in [1.807, 2.05) is 11.8 Å². The molecule has 108 valence electrons. The van der Waals surface area contributed by atoms with Crippen molar-refractivity contribution in [3.8, 4) is 0 Å². The van der Waals surface area contributed by atoms with Crippen LogP contribution in [0.5, 0.6) is 0 Å². The number of hydrogen-bond donors (Lipinski definition) is 0. The van der Waals surface area contributed by atoms with Gasteiger partial charge in [-0.15, -0.1) is 11.6 Å². The van der Waals surface area contributed by atoms with Gasteiger partial charge in [-0.2, -0.15) is 11.8 Å². The summed E-state index contributed by atoms with van der Waals surface area (Å²) in [4.78, 5) is 7.08. The van der Waals surface area contributed by atoms with E-state index < -0.39 is 0 Å². The molecule has 1 atom stereocenters. The van der Waals surface area contributed by atoms with Gasteiger partial charge in [0.2, 0.25) is 0 Å². The molecule has 1 rings (SSSR count). The number of anilines is 1. The van der Waals surface area contributed by atoms with E-state index in [0.29, 0.717) is 17.8 Å². The fourth-order valence-electron chi connectivity index (χ4n) is 2.03. The van der Waals surface area contributed by atoms with Crippen molar-refractivity contribution >= 4 is 29.2 Å². The van der Waals surface area contributed by atoms with E-state index in [2.05, 4.69) is 51.1 Å². The highest BCUT2D eigenvalue weighted by molar-refractivity contribution is 7.98. The summed E-state index contributed by atoms with van der Waals surface area (Å²) in [6, 6.07) is 4.75. The Balaban J connectivity index is 3.06. The first-order valence-corrected chi connectivity index (χ1v) is 8.74. The van der Waals surface area contributed by atoms with Crippen LogP contribution >= 0.6 is 23.4 Å².